The van der Waals surface area contributed by atoms with Crippen molar-refractivity contribution in [2.45, 2.75) is 13.2 Å². The van der Waals surface area contributed by atoms with Gasteiger partial charge in [-0.1, -0.05) is 24.0 Å². The van der Waals surface area contributed by atoms with Crippen molar-refractivity contribution < 1.29 is 9.90 Å². The molecule has 0 aliphatic heterocycles. The molecular weight excluding hydrogens is 151 g/mol. The molecule has 0 saturated heterocycles. The van der Waals surface area contributed by atoms with Gasteiger partial charge in [-0.15, -0.1) is 0 Å². The molecule has 0 amide bonds. The van der Waals surface area contributed by atoms with Crippen LogP contribution in [0.2, 0.25) is 0 Å². The number of rotatable bonds is 2. The monoisotopic (exact) mass is 162 g/mol. The van der Waals surface area contributed by atoms with Crippen LogP contribution in [-0.2, 0) is 6.32 Å². The average molecular weight is 162 g/mol. The molecule has 2 nitrogen and oxygen atoms in total. The van der Waals surface area contributed by atoms with Gasteiger partial charge < -0.3 is 5.11 Å². The SMILES string of the molecule is BCc1ccc(C(=O)O)c(C)c1. The highest BCUT2D eigenvalue weighted by Gasteiger charge is 2.05. The lowest BCUT2D eigenvalue weighted by Crippen LogP contribution is -2.00. The summed E-state index contributed by atoms with van der Waals surface area (Å²) in [7, 11) is 2.05. The highest BCUT2D eigenvalue weighted by atomic mass is 16.4. The van der Waals surface area contributed by atoms with Gasteiger partial charge >= 0.3 is 5.97 Å². The molecule has 1 aromatic carbocycles. The number of benzene rings is 1. The van der Waals surface area contributed by atoms with Crippen molar-refractivity contribution in [3.05, 3.63) is 34.9 Å². The molecule has 0 bridgehead atoms. The summed E-state index contributed by atoms with van der Waals surface area (Å²) in [5.41, 5.74) is 2.41. The van der Waals surface area contributed by atoms with Gasteiger partial charge in [-0.3, -0.25) is 0 Å². The number of aromatic carboxylic acids is 1. The van der Waals surface area contributed by atoms with Gasteiger partial charge in [-0.2, -0.15) is 0 Å². The lowest BCUT2D eigenvalue weighted by Gasteiger charge is -2.02. The van der Waals surface area contributed by atoms with Crippen LogP contribution in [0.15, 0.2) is 18.2 Å². The van der Waals surface area contributed by atoms with Crippen LogP contribution in [0.25, 0.3) is 0 Å². The van der Waals surface area contributed by atoms with Gasteiger partial charge in [-0.25, -0.2) is 4.79 Å². The second-order valence-corrected chi connectivity index (χ2v) is 2.81. The van der Waals surface area contributed by atoms with E-state index in [-0.39, 0.29) is 0 Å². The van der Waals surface area contributed by atoms with Gasteiger partial charge in [0, 0.05) is 0 Å². The predicted octanol–water partition coefficient (Wildman–Crippen LogP) is 0.826. The Balaban J connectivity index is 3.12. The van der Waals surface area contributed by atoms with E-state index in [1.165, 1.54) is 5.56 Å². The quantitative estimate of drug-likeness (QED) is 0.653. The molecule has 0 aliphatic carbocycles. The highest BCUT2D eigenvalue weighted by Crippen LogP contribution is 2.10. The molecule has 1 N–H and O–H groups in total. The van der Waals surface area contributed by atoms with Gasteiger partial charge in [0.15, 0.2) is 0 Å². The maximum atomic E-state index is 10.6. The zero-order chi connectivity index (χ0) is 9.14. The standard InChI is InChI=1S/C9H11BO2/c1-6-4-7(5-10)2-3-8(6)9(11)12/h2-4H,5,10H2,1H3,(H,11,12). The molecule has 12 heavy (non-hydrogen) atoms. The average Bonchev–Trinajstić information content (AvgIpc) is 2.03. The van der Waals surface area contributed by atoms with Crippen LogP contribution >= 0.6 is 0 Å². The third-order valence-electron chi connectivity index (χ3n) is 1.93. The minimum Gasteiger partial charge on any atom is -0.478 e. The second-order valence-electron chi connectivity index (χ2n) is 2.81. The van der Waals surface area contributed by atoms with E-state index in [4.69, 9.17) is 5.11 Å². The number of carboxylic acid groups (broad SMARTS) is 1. The molecule has 0 unspecified atom stereocenters. The van der Waals surface area contributed by atoms with Crippen molar-refractivity contribution in [3.8, 4) is 0 Å². The fourth-order valence-corrected chi connectivity index (χ4v) is 1.19. The van der Waals surface area contributed by atoms with Gasteiger partial charge in [0.2, 0.25) is 0 Å². The van der Waals surface area contributed by atoms with Crippen LogP contribution in [0.3, 0.4) is 0 Å². The Bertz CT molecular complexity index is 307. The lowest BCUT2D eigenvalue weighted by molar-refractivity contribution is 0.0696. The van der Waals surface area contributed by atoms with E-state index in [0.29, 0.717) is 5.56 Å². The first kappa shape index (κ1) is 8.85. The fraction of sp³-hybridized carbons (Fsp3) is 0.222. The molecule has 0 aromatic heterocycles. The van der Waals surface area contributed by atoms with Gasteiger partial charge in [0.05, 0.1) is 5.56 Å². The Labute approximate surface area is 72.6 Å². The van der Waals surface area contributed by atoms with E-state index in [1.807, 2.05) is 19.1 Å². The van der Waals surface area contributed by atoms with E-state index in [0.717, 1.165) is 11.9 Å². The smallest absolute Gasteiger partial charge is 0.335 e. The van der Waals surface area contributed by atoms with Gasteiger partial charge in [-0.05, 0) is 18.6 Å². The van der Waals surface area contributed by atoms with Crippen LogP contribution in [0.1, 0.15) is 21.5 Å². The van der Waals surface area contributed by atoms with Gasteiger partial charge in [0.1, 0.15) is 7.85 Å². The molecule has 0 fully saturated rings. The van der Waals surface area contributed by atoms with Gasteiger partial charge in [0.25, 0.3) is 0 Å². The normalized spacial score (nSPS) is 9.75. The summed E-state index contributed by atoms with van der Waals surface area (Å²) in [6.45, 7) is 1.82. The third-order valence-corrected chi connectivity index (χ3v) is 1.93. The summed E-state index contributed by atoms with van der Waals surface area (Å²) in [4.78, 5) is 10.6. The maximum Gasteiger partial charge on any atom is 0.335 e. The molecule has 1 rings (SSSR count). The van der Waals surface area contributed by atoms with Crippen LogP contribution in [0.4, 0.5) is 0 Å². The Morgan fingerprint density at radius 3 is 2.67 bits per heavy atom. The zero-order valence-corrected chi connectivity index (χ0v) is 7.29. The lowest BCUT2D eigenvalue weighted by atomic mass is 9.94. The topological polar surface area (TPSA) is 37.3 Å². The highest BCUT2D eigenvalue weighted by molar-refractivity contribution is 6.08. The minimum absolute atomic E-state index is 0.396. The van der Waals surface area contributed by atoms with Crippen molar-refractivity contribution in [3.63, 3.8) is 0 Å². The number of hydrogen-bond donors (Lipinski definition) is 1. The van der Waals surface area contributed by atoms with Crippen molar-refractivity contribution in [1.82, 2.24) is 0 Å². The summed E-state index contributed by atoms with van der Waals surface area (Å²) < 4.78 is 0. The molecule has 0 atom stereocenters. The molecule has 3 heteroatoms. The van der Waals surface area contributed by atoms with Crippen LogP contribution in [0.5, 0.6) is 0 Å². The molecule has 0 saturated carbocycles. The fourth-order valence-electron chi connectivity index (χ4n) is 1.19. The number of aryl methyl sites for hydroxylation is 1. The molecular formula is C9H11BO2. The number of hydrogen-bond acceptors (Lipinski definition) is 1. The van der Waals surface area contributed by atoms with Crippen molar-refractivity contribution >= 4 is 13.8 Å². The first-order chi connectivity index (χ1) is 5.65. The molecule has 1 aromatic rings. The molecule has 0 heterocycles. The van der Waals surface area contributed by atoms with Crippen molar-refractivity contribution in [2.24, 2.45) is 0 Å². The summed E-state index contributed by atoms with van der Waals surface area (Å²) in [5, 5.41) is 8.73. The van der Waals surface area contributed by atoms with Crippen LogP contribution in [0, 0.1) is 6.92 Å². The number of carbonyl (C=O) groups is 1. The van der Waals surface area contributed by atoms with Crippen LogP contribution in [-0.4, -0.2) is 18.9 Å². The van der Waals surface area contributed by atoms with E-state index in [1.54, 1.807) is 6.07 Å². The van der Waals surface area contributed by atoms with Crippen molar-refractivity contribution in [2.75, 3.05) is 0 Å². The first-order valence-corrected chi connectivity index (χ1v) is 3.98. The third kappa shape index (κ3) is 1.67. The predicted molar refractivity (Wildman–Crippen MR) is 50.4 cm³/mol. The Morgan fingerprint density at radius 1 is 1.58 bits per heavy atom. The Hall–Kier alpha value is -1.25. The summed E-state index contributed by atoms with van der Waals surface area (Å²) in [6.07, 6.45) is 0.945. The van der Waals surface area contributed by atoms with Crippen molar-refractivity contribution in [1.29, 1.82) is 0 Å². The van der Waals surface area contributed by atoms with E-state index >= 15 is 0 Å². The zero-order valence-electron chi connectivity index (χ0n) is 7.29. The first-order valence-electron chi connectivity index (χ1n) is 3.98. The Morgan fingerprint density at radius 2 is 2.25 bits per heavy atom. The second kappa shape index (κ2) is 3.43. The molecule has 0 spiro atoms. The van der Waals surface area contributed by atoms with E-state index < -0.39 is 5.97 Å². The summed E-state index contributed by atoms with van der Waals surface area (Å²) in [5.74, 6) is -0.852. The summed E-state index contributed by atoms with van der Waals surface area (Å²) >= 11 is 0. The van der Waals surface area contributed by atoms with Crippen LogP contribution < -0.4 is 0 Å². The summed E-state index contributed by atoms with van der Waals surface area (Å²) in [6, 6.07) is 5.44. The molecule has 0 radical (unpaired) electrons. The molecule has 0 aliphatic rings. The Kier molecular flexibility index (Phi) is 2.53. The maximum absolute atomic E-state index is 10.6. The largest absolute Gasteiger partial charge is 0.478 e. The minimum atomic E-state index is -0.852. The van der Waals surface area contributed by atoms with E-state index in [9.17, 15) is 4.79 Å². The number of carboxylic acids is 1. The molecule has 62 valence electrons. The van der Waals surface area contributed by atoms with E-state index in [2.05, 4.69) is 7.85 Å².